The summed E-state index contributed by atoms with van der Waals surface area (Å²) in [4.78, 5) is 6.69. The fourth-order valence-corrected chi connectivity index (χ4v) is 2.63. The van der Waals surface area contributed by atoms with Crippen molar-refractivity contribution >= 4 is 5.96 Å². The summed E-state index contributed by atoms with van der Waals surface area (Å²) in [5, 5.41) is 0. The molecular weight excluding hydrogens is 226 g/mol. The smallest absolute Gasteiger partial charge is 0.192 e. The van der Waals surface area contributed by atoms with Crippen LogP contribution in [0.1, 0.15) is 30.0 Å². The van der Waals surface area contributed by atoms with Crippen LogP contribution in [0.4, 0.5) is 0 Å². The van der Waals surface area contributed by atoms with E-state index in [2.05, 4.69) is 34.2 Å². The number of hydrogen-bond donors (Lipinski definition) is 1. The molecule has 1 aromatic rings. The highest BCUT2D eigenvalue weighted by molar-refractivity contribution is 5.81. The molecule has 4 nitrogen and oxygen atoms in total. The summed E-state index contributed by atoms with van der Waals surface area (Å²) < 4.78 is 5.19. The maximum Gasteiger partial charge on any atom is 0.192 e. The van der Waals surface area contributed by atoms with Crippen molar-refractivity contribution in [2.45, 2.75) is 31.5 Å². The molecule has 2 aliphatic rings. The molecule has 1 heterocycles. The van der Waals surface area contributed by atoms with Crippen LogP contribution >= 0.6 is 0 Å². The predicted molar refractivity (Wildman–Crippen MR) is 71.2 cm³/mol. The zero-order valence-electron chi connectivity index (χ0n) is 10.7. The Morgan fingerprint density at radius 2 is 2.28 bits per heavy atom. The minimum Gasteiger partial charge on any atom is -0.380 e. The van der Waals surface area contributed by atoms with Gasteiger partial charge in [0.25, 0.3) is 0 Å². The van der Waals surface area contributed by atoms with Crippen LogP contribution in [0.15, 0.2) is 29.3 Å². The summed E-state index contributed by atoms with van der Waals surface area (Å²) in [5.41, 5.74) is 8.49. The minimum absolute atomic E-state index is 0.314. The van der Waals surface area contributed by atoms with Gasteiger partial charge < -0.3 is 15.4 Å². The van der Waals surface area contributed by atoms with Gasteiger partial charge in [0.05, 0.1) is 19.2 Å². The van der Waals surface area contributed by atoms with Gasteiger partial charge in [-0.25, -0.2) is 0 Å². The van der Waals surface area contributed by atoms with Crippen molar-refractivity contribution in [3.8, 4) is 0 Å². The standard InChI is InChI=1S/C14H19N3O/c1-18-9-10-3-2-4-11(7-10)13-8-16-14(15)17(13)12-5-6-12/h2-4,7,12-13H,5-6,8-9H2,1H3,(H2,15,16). The van der Waals surface area contributed by atoms with Gasteiger partial charge >= 0.3 is 0 Å². The van der Waals surface area contributed by atoms with Gasteiger partial charge in [-0.15, -0.1) is 0 Å². The first-order chi connectivity index (χ1) is 8.79. The van der Waals surface area contributed by atoms with E-state index >= 15 is 0 Å². The number of nitrogens with zero attached hydrogens (tertiary/aromatic N) is 2. The van der Waals surface area contributed by atoms with E-state index in [1.807, 2.05) is 0 Å². The number of nitrogens with two attached hydrogens (primary N) is 1. The van der Waals surface area contributed by atoms with Gasteiger partial charge in [0.1, 0.15) is 0 Å². The molecule has 1 saturated carbocycles. The number of methoxy groups -OCH3 is 1. The Labute approximate surface area is 107 Å². The zero-order valence-corrected chi connectivity index (χ0v) is 10.7. The second-order valence-electron chi connectivity index (χ2n) is 5.03. The molecule has 1 atom stereocenters. The molecule has 0 aromatic heterocycles. The highest BCUT2D eigenvalue weighted by atomic mass is 16.5. The van der Waals surface area contributed by atoms with Crippen molar-refractivity contribution in [3.63, 3.8) is 0 Å². The third-order valence-electron chi connectivity index (χ3n) is 3.61. The molecule has 2 N–H and O–H groups in total. The van der Waals surface area contributed by atoms with E-state index < -0.39 is 0 Å². The fraction of sp³-hybridized carbons (Fsp3) is 0.500. The SMILES string of the molecule is COCc1cccc(C2CN=C(N)N2C2CC2)c1. The monoisotopic (exact) mass is 245 g/mol. The van der Waals surface area contributed by atoms with Crippen LogP contribution in [0.25, 0.3) is 0 Å². The second kappa shape index (κ2) is 4.61. The van der Waals surface area contributed by atoms with Crippen LogP contribution in [0.2, 0.25) is 0 Å². The number of hydrogen-bond acceptors (Lipinski definition) is 4. The Morgan fingerprint density at radius 3 is 3.00 bits per heavy atom. The first-order valence-corrected chi connectivity index (χ1v) is 6.45. The molecule has 3 rings (SSSR count). The van der Waals surface area contributed by atoms with Gasteiger partial charge in [-0.05, 0) is 24.0 Å². The van der Waals surface area contributed by atoms with Gasteiger partial charge in [0, 0.05) is 13.2 Å². The lowest BCUT2D eigenvalue weighted by Crippen LogP contribution is -2.37. The Morgan fingerprint density at radius 1 is 1.44 bits per heavy atom. The molecule has 1 unspecified atom stereocenters. The topological polar surface area (TPSA) is 50.9 Å². The van der Waals surface area contributed by atoms with Crippen LogP contribution in [0.5, 0.6) is 0 Å². The van der Waals surface area contributed by atoms with E-state index in [1.165, 1.54) is 24.0 Å². The van der Waals surface area contributed by atoms with Crippen LogP contribution < -0.4 is 5.73 Å². The Kier molecular flexibility index (Phi) is 2.96. The maximum atomic E-state index is 6.00. The van der Waals surface area contributed by atoms with Crippen molar-refractivity contribution in [1.29, 1.82) is 0 Å². The van der Waals surface area contributed by atoms with Crippen LogP contribution in [-0.4, -0.2) is 30.6 Å². The molecule has 0 radical (unpaired) electrons. The van der Waals surface area contributed by atoms with E-state index in [0.29, 0.717) is 24.7 Å². The Bertz CT molecular complexity index is 468. The third-order valence-corrected chi connectivity index (χ3v) is 3.61. The van der Waals surface area contributed by atoms with E-state index in [1.54, 1.807) is 7.11 Å². The molecule has 0 saturated heterocycles. The van der Waals surface area contributed by atoms with E-state index in [9.17, 15) is 0 Å². The van der Waals surface area contributed by atoms with Gasteiger partial charge in [0.2, 0.25) is 0 Å². The summed E-state index contributed by atoms with van der Waals surface area (Å²) >= 11 is 0. The number of rotatable bonds is 4. The van der Waals surface area contributed by atoms with Crippen LogP contribution in [0.3, 0.4) is 0 Å². The third kappa shape index (κ3) is 2.08. The number of benzene rings is 1. The molecule has 18 heavy (non-hydrogen) atoms. The lowest BCUT2D eigenvalue weighted by molar-refractivity contribution is 0.184. The summed E-state index contributed by atoms with van der Waals surface area (Å²) in [6, 6.07) is 9.46. The second-order valence-corrected chi connectivity index (χ2v) is 5.03. The summed E-state index contributed by atoms with van der Waals surface area (Å²) in [7, 11) is 1.72. The van der Waals surface area contributed by atoms with Crippen LogP contribution in [0, 0.1) is 0 Å². The molecule has 1 fully saturated rings. The molecule has 96 valence electrons. The highest BCUT2D eigenvalue weighted by Crippen LogP contribution is 2.37. The molecule has 0 bridgehead atoms. The lowest BCUT2D eigenvalue weighted by atomic mass is 10.0. The molecule has 4 heteroatoms. The molecule has 1 aromatic carbocycles. The summed E-state index contributed by atoms with van der Waals surface area (Å²) in [6.45, 7) is 1.43. The Balaban J connectivity index is 1.83. The lowest BCUT2D eigenvalue weighted by Gasteiger charge is -2.26. The average Bonchev–Trinajstić information content (AvgIpc) is 3.13. The molecule has 0 amide bonds. The number of ether oxygens (including phenoxy) is 1. The molecular formula is C14H19N3O. The maximum absolute atomic E-state index is 6.00. The van der Waals surface area contributed by atoms with Crippen LogP contribution in [-0.2, 0) is 11.3 Å². The molecule has 0 spiro atoms. The van der Waals surface area contributed by atoms with Crippen molar-refractivity contribution < 1.29 is 4.74 Å². The van der Waals surface area contributed by atoms with Gasteiger partial charge in [-0.1, -0.05) is 24.3 Å². The highest BCUT2D eigenvalue weighted by Gasteiger charge is 2.38. The minimum atomic E-state index is 0.314. The first-order valence-electron chi connectivity index (χ1n) is 6.45. The average molecular weight is 245 g/mol. The summed E-state index contributed by atoms with van der Waals surface area (Å²) in [6.07, 6.45) is 2.48. The summed E-state index contributed by atoms with van der Waals surface area (Å²) in [5.74, 6) is 0.708. The predicted octanol–water partition coefficient (Wildman–Crippen LogP) is 1.67. The quantitative estimate of drug-likeness (QED) is 0.877. The van der Waals surface area contributed by atoms with E-state index in [4.69, 9.17) is 10.5 Å². The van der Waals surface area contributed by atoms with E-state index in [-0.39, 0.29) is 0 Å². The fourth-order valence-electron chi connectivity index (χ4n) is 2.63. The normalized spacial score (nSPS) is 23.3. The van der Waals surface area contributed by atoms with Crippen molar-refractivity contribution in [2.75, 3.05) is 13.7 Å². The molecule has 1 aliphatic heterocycles. The van der Waals surface area contributed by atoms with Crippen molar-refractivity contribution in [3.05, 3.63) is 35.4 Å². The number of aliphatic imine (C=N–C) groups is 1. The number of guanidine groups is 1. The van der Waals surface area contributed by atoms with Gasteiger partial charge in [0.15, 0.2) is 5.96 Å². The molecule has 1 aliphatic carbocycles. The van der Waals surface area contributed by atoms with Crippen molar-refractivity contribution in [1.82, 2.24) is 4.90 Å². The van der Waals surface area contributed by atoms with Gasteiger partial charge in [-0.3, -0.25) is 4.99 Å². The van der Waals surface area contributed by atoms with Crippen molar-refractivity contribution in [2.24, 2.45) is 10.7 Å². The Hall–Kier alpha value is -1.55. The largest absolute Gasteiger partial charge is 0.380 e. The first kappa shape index (κ1) is 11.5. The zero-order chi connectivity index (χ0) is 12.5. The van der Waals surface area contributed by atoms with Gasteiger partial charge in [-0.2, -0.15) is 0 Å². The van der Waals surface area contributed by atoms with E-state index in [0.717, 1.165) is 6.54 Å².